The van der Waals surface area contributed by atoms with Crippen molar-refractivity contribution in [2.75, 3.05) is 13.1 Å². The monoisotopic (exact) mass is 299 g/mol. The fraction of sp³-hybridized carbons (Fsp3) is 0.450. The van der Waals surface area contributed by atoms with Crippen LogP contribution in [0.1, 0.15) is 45.6 Å². The minimum Gasteiger partial charge on any atom is -0.316 e. The molecule has 120 valence electrons. The molecule has 0 aromatic heterocycles. The quantitative estimate of drug-likeness (QED) is 0.866. The Labute approximate surface area is 134 Å². The second kappa shape index (κ2) is 11.0. The zero-order chi connectivity index (χ0) is 16.2. The van der Waals surface area contributed by atoms with E-state index in [0.717, 1.165) is 25.9 Å². The Morgan fingerprint density at radius 1 is 0.955 bits per heavy atom. The molecule has 22 heavy (non-hydrogen) atoms. The van der Waals surface area contributed by atoms with E-state index >= 15 is 0 Å². The molecule has 2 aromatic carbocycles. The highest BCUT2D eigenvalue weighted by Gasteiger charge is 2.05. The second-order valence-corrected chi connectivity index (χ2v) is 5.18. The fourth-order valence-corrected chi connectivity index (χ4v) is 2.49. The lowest BCUT2D eigenvalue weighted by molar-refractivity contribution is -0.119. The fourth-order valence-electron chi connectivity index (χ4n) is 2.49. The third-order valence-electron chi connectivity index (χ3n) is 3.56. The Bertz CT molecular complexity index is 549. The van der Waals surface area contributed by atoms with Crippen LogP contribution in [0.5, 0.6) is 0 Å². The molecule has 1 aliphatic heterocycles. The minimum absolute atomic E-state index is 0.402. The largest absolute Gasteiger partial charge is 0.316 e. The van der Waals surface area contributed by atoms with Gasteiger partial charge in [0.15, 0.2) is 0 Å². The van der Waals surface area contributed by atoms with E-state index < -0.39 is 0 Å². The number of hydrogen-bond acceptors (Lipinski definition) is 2. The molecule has 2 nitrogen and oxygen atoms in total. The van der Waals surface area contributed by atoms with Crippen LogP contribution in [0, 0.1) is 0 Å². The van der Waals surface area contributed by atoms with Crippen molar-refractivity contribution >= 4 is 16.6 Å². The highest BCUT2D eigenvalue weighted by molar-refractivity contribution is 5.85. The molecule has 0 radical (unpaired) electrons. The Hall–Kier alpha value is -1.67. The van der Waals surface area contributed by atoms with Gasteiger partial charge in [0.2, 0.25) is 0 Å². The average molecular weight is 299 g/mol. The summed E-state index contributed by atoms with van der Waals surface area (Å²) in [4.78, 5) is 10.4. The summed E-state index contributed by atoms with van der Waals surface area (Å²) < 4.78 is 0. The predicted octanol–water partition coefficient (Wildman–Crippen LogP) is 4.76. The zero-order valence-corrected chi connectivity index (χ0v) is 14.2. The van der Waals surface area contributed by atoms with E-state index in [1.807, 2.05) is 13.8 Å². The van der Waals surface area contributed by atoms with E-state index in [-0.39, 0.29) is 0 Å². The van der Waals surface area contributed by atoms with Crippen LogP contribution in [0.15, 0.2) is 42.5 Å². The van der Waals surface area contributed by atoms with Crippen LogP contribution in [0.25, 0.3) is 10.8 Å². The molecule has 3 rings (SSSR count). The number of piperidine rings is 1. The van der Waals surface area contributed by atoms with Gasteiger partial charge in [-0.05, 0) is 22.8 Å². The highest BCUT2D eigenvalue weighted by atomic mass is 16.1. The molecule has 0 amide bonds. The summed E-state index contributed by atoms with van der Waals surface area (Å²) in [6, 6.07) is 15.1. The summed E-state index contributed by atoms with van der Waals surface area (Å²) in [5.74, 6) is 0.402. The molecule has 0 unspecified atom stereocenters. The SMILES string of the molecule is CC.CCCc1cccc2ccccc12.O=C1CCNCC1. The third-order valence-corrected chi connectivity index (χ3v) is 3.56. The molecule has 0 spiro atoms. The van der Waals surface area contributed by atoms with Crippen LogP contribution < -0.4 is 5.32 Å². The van der Waals surface area contributed by atoms with Gasteiger partial charge in [0.1, 0.15) is 5.78 Å². The highest BCUT2D eigenvalue weighted by Crippen LogP contribution is 2.19. The standard InChI is InChI=1S/C13H14.C5H9NO.C2H6/c1-2-6-11-8-5-9-12-7-3-4-10-13(11)12;7-5-1-3-6-4-2-5;1-2/h3-5,7-10H,2,6H2,1H3;6H,1-4H2;1-2H3. The Balaban J connectivity index is 0.000000228. The van der Waals surface area contributed by atoms with Crippen molar-refractivity contribution < 1.29 is 4.79 Å². The summed E-state index contributed by atoms with van der Waals surface area (Å²) in [6.07, 6.45) is 3.87. The number of Topliss-reactive ketones (excluding diaryl/α,β-unsaturated/α-hetero) is 1. The molecule has 0 aliphatic carbocycles. The van der Waals surface area contributed by atoms with E-state index in [9.17, 15) is 4.79 Å². The van der Waals surface area contributed by atoms with Crippen molar-refractivity contribution in [2.45, 2.75) is 46.5 Å². The first-order valence-corrected chi connectivity index (χ1v) is 8.50. The summed E-state index contributed by atoms with van der Waals surface area (Å²) in [7, 11) is 0. The molecule has 0 bridgehead atoms. The first-order chi connectivity index (χ1) is 10.8. The van der Waals surface area contributed by atoms with E-state index in [1.54, 1.807) is 0 Å². The molecule has 2 heteroatoms. The van der Waals surface area contributed by atoms with Crippen molar-refractivity contribution in [3.8, 4) is 0 Å². The third kappa shape index (κ3) is 5.98. The number of benzene rings is 2. The molecule has 1 fully saturated rings. The maximum Gasteiger partial charge on any atom is 0.135 e. The molecular weight excluding hydrogens is 270 g/mol. The van der Waals surface area contributed by atoms with Crippen LogP contribution in [0.4, 0.5) is 0 Å². The molecule has 1 aliphatic rings. The van der Waals surface area contributed by atoms with Gasteiger partial charge >= 0.3 is 0 Å². The summed E-state index contributed by atoms with van der Waals surface area (Å²) in [5, 5.41) is 5.86. The number of carbonyl (C=O) groups excluding carboxylic acids is 1. The van der Waals surface area contributed by atoms with Crippen molar-refractivity contribution in [1.82, 2.24) is 5.32 Å². The Kier molecular flexibility index (Phi) is 9.17. The van der Waals surface area contributed by atoms with Gasteiger partial charge < -0.3 is 5.32 Å². The lowest BCUT2D eigenvalue weighted by Crippen LogP contribution is -2.27. The van der Waals surface area contributed by atoms with Crippen molar-refractivity contribution in [3.05, 3.63) is 48.0 Å². The second-order valence-electron chi connectivity index (χ2n) is 5.18. The number of nitrogens with one attached hydrogen (secondary N) is 1. The smallest absolute Gasteiger partial charge is 0.135 e. The van der Waals surface area contributed by atoms with E-state index in [0.29, 0.717) is 5.78 Å². The van der Waals surface area contributed by atoms with Crippen molar-refractivity contribution in [1.29, 1.82) is 0 Å². The lowest BCUT2D eigenvalue weighted by atomic mass is 10.0. The van der Waals surface area contributed by atoms with Gasteiger partial charge in [-0.3, -0.25) is 4.79 Å². The predicted molar refractivity (Wildman–Crippen MR) is 96.4 cm³/mol. The lowest BCUT2D eigenvalue weighted by Gasteiger charge is -2.08. The maximum atomic E-state index is 10.4. The molecular formula is C20H29NO. The topological polar surface area (TPSA) is 29.1 Å². The molecule has 0 saturated carbocycles. The molecule has 1 saturated heterocycles. The summed E-state index contributed by atoms with van der Waals surface area (Å²) in [5.41, 5.74) is 1.47. The number of hydrogen-bond donors (Lipinski definition) is 1. The molecule has 1 N–H and O–H groups in total. The summed E-state index contributed by atoms with van der Waals surface area (Å²) >= 11 is 0. The number of ketones is 1. The maximum absolute atomic E-state index is 10.4. The van der Waals surface area contributed by atoms with Gasteiger partial charge in [-0.25, -0.2) is 0 Å². The van der Waals surface area contributed by atoms with Gasteiger partial charge in [-0.1, -0.05) is 69.7 Å². The van der Waals surface area contributed by atoms with Gasteiger partial charge in [0.25, 0.3) is 0 Å². The van der Waals surface area contributed by atoms with Crippen molar-refractivity contribution in [3.63, 3.8) is 0 Å². The van der Waals surface area contributed by atoms with Crippen LogP contribution in [-0.2, 0) is 11.2 Å². The number of rotatable bonds is 2. The van der Waals surface area contributed by atoms with E-state index in [1.165, 1.54) is 29.2 Å². The number of aryl methyl sites for hydroxylation is 1. The van der Waals surface area contributed by atoms with Crippen LogP contribution in [0.2, 0.25) is 0 Å². The van der Waals surface area contributed by atoms with Crippen molar-refractivity contribution in [2.24, 2.45) is 0 Å². The number of fused-ring (bicyclic) bond motifs is 1. The van der Waals surface area contributed by atoms with Gasteiger partial charge in [0, 0.05) is 25.9 Å². The average Bonchev–Trinajstić information content (AvgIpc) is 2.59. The zero-order valence-electron chi connectivity index (χ0n) is 14.2. The molecule has 0 atom stereocenters. The van der Waals surface area contributed by atoms with Crippen LogP contribution >= 0.6 is 0 Å². The van der Waals surface area contributed by atoms with Gasteiger partial charge in [-0.15, -0.1) is 0 Å². The van der Waals surface area contributed by atoms with Gasteiger partial charge in [-0.2, -0.15) is 0 Å². The summed E-state index contributed by atoms with van der Waals surface area (Å²) in [6.45, 7) is 8.00. The first-order valence-electron chi connectivity index (χ1n) is 8.50. The Morgan fingerprint density at radius 3 is 2.18 bits per heavy atom. The normalized spacial score (nSPS) is 13.7. The van der Waals surface area contributed by atoms with E-state index in [2.05, 4.69) is 54.7 Å². The van der Waals surface area contributed by atoms with Gasteiger partial charge in [0.05, 0.1) is 0 Å². The Morgan fingerprint density at radius 2 is 1.59 bits per heavy atom. The first kappa shape index (κ1) is 18.4. The number of carbonyl (C=O) groups is 1. The molecule has 2 aromatic rings. The minimum atomic E-state index is 0.402. The molecule has 1 heterocycles. The van der Waals surface area contributed by atoms with Crippen LogP contribution in [0.3, 0.4) is 0 Å². The van der Waals surface area contributed by atoms with E-state index in [4.69, 9.17) is 0 Å². The van der Waals surface area contributed by atoms with Crippen LogP contribution in [-0.4, -0.2) is 18.9 Å².